The molecule has 0 aromatic heterocycles. The van der Waals surface area contributed by atoms with Gasteiger partial charge in [-0.1, -0.05) is 27.7 Å². The Kier molecular flexibility index (Phi) is 5.20. The minimum atomic E-state index is -1.84. The van der Waals surface area contributed by atoms with Gasteiger partial charge >= 0.3 is 0 Å². The third kappa shape index (κ3) is 3.80. The van der Waals surface area contributed by atoms with Crippen molar-refractivity contribution < 1.29 is 14.0 Å². The van der Waals surface area contributed by atoms with Crippen molar-refractivity contribution >= 4 is 14.2 Å². The minimum Gasteiger partial charge on any atom is -0.413 e. The van der Waals surface area contributed by atoms with Crippen molar-refractivity contribution in [3.8, 4) is 0 Å². The highest BCUT2D eigenvalue weighted by molar-refractivity contribution is 6.74. The molecular formula is C14H29NO3Si. The van der Waals surface area contributed by atoms with Crippen LogP contribution >= 0.6 is 0 Å². The van der Waals surface area contributed by atoms with E-state index in [1.807, 2.05) is 6.92 Å². The Bertz CT molecular complexity index is 325. The fourth-order valence-corrected chi connectivity index (χ4v) is 3.36. The molecule has 0 bridgehead atoms. The van der Waals surface area contributed by atoms with E-state index >= 15 is 0 Å². The second-order valence-electron chi connectivity index (χ2n) is 6.91. The number of amides is 1. The summed E-state index contributed by atoms with van der Waals surface area (Å²) in [4.78, 5) is 11.7. The van der Waals surface area contributed by atoms with E-state index in [9.17, 15) is 4.79 Å². The molecule has 0 aromatic rings. The molecule has 0 spiro atoms. The first-order valence-electron chi connectivity index (χ1n) is 7.20. The first-order valence-corrected chi connectivity index (χ1v) is 10.1. The molecule has 1 amide bonds. The maximum atomic E-state index is 11.7. The maximum Gasteiger partial charge on any atom is 0.232 e. The van der Waals surface area contributed by atoms with Crippen molar-refractivity contribution in [1.82, 2.24) is 5.32 Å². The van der Waals surface area contributed by atoms with Gasteiger partial charge in [0.2, 0.25) is 5.91 Å². The van der Waals surface area contributed by atoms with Crippen molar-refractivity contribution in [3.63, 3.8) is 0 Å². The second kappa shape index (κ2) is 5.93. The molecule has 0 aliphatic carbocycles. The monoisotopic (exact) mass is 287 g/mol. The Morgan fingerprint density at radius 2 is 1.95 bits per heavy atom. The Hall–Kier alpha value is -0.393. The molecule has 4 nitrogen and oxygen atoms in total. The molecule has 3 atom stereocenters. The molecule has 1 fully saturated rings. The van der Waals surface area contributed by atoms with Gasteiger partial charge in [-0.25, -0.2) is 0 Å². The van der Waals surface area contributed by atoms with Crippen LogP contribution in [0.4, 0.5) is 0 Å². The van der Waals surface area contributed by atoms with Gasteiger partial charge in [-0.05, 0) is 31.5 Å². The second-order valence-corrected chi connectivity index (χ2v) is 11.7. The summed E-state index contributed by atoms with van der Waals surface area (Å²) in [7, 11) is -1.84. The SMILES string of the molecule is CCCO[C@H]1NC(=O)[C@@H]1[C@@H](C)O[Si](C)(C)C(C)(C)C. The molecule has 1 saturated heterocycles. The lowest BCUT2D eigenvalue weighted by atomic mass is 9.93. The summed E-state index contributed by atoms with van der Waals surface area (Å²) in [6, 6.07) is 0. The average Bonchev–Trinajstić information content (AvgIpc) is 2.20. The highest BCUT2D eigenvalue weighted by Gasteiger charge is 2.47. The van der Waals surface area contributed by atoms with Crippen molar-refractivity contribution in [2.24, 2.45) is 5.92 Å². The number of nitrogens with one attached hydrogen (secondary N) is 1. The van der Waals surface area contributed by atoms with Gasteiger partial charge < -0.3 is 14.5 Å². The van der Waals surface area contributed by atoms with E-state index in [4.69, 9.17) is 9.16 Å². The van der Waals surface area contributed by atoms with Crippen molar-refractivity contribution in [3.05, 3.63) is 0 Å². The topological polar surface area (TPSA) is 47.6 Å². The van der Waals surface area contributed by atoms with Crippen LogP contribution in [-0.4, -0.2) is 33.2 Å². The lowest BCUT2D eigenvalue weighted by Crippen LogP contribution is -2.64. The van der Waals surface area contributed by atoms with Gasteiger partial charge in [-0.2, -0.15) is 0 Å². The van der Waals surface area contributed by atoms with Crippen LogP contribution in [0.2, 0.25) is 18.1 Å². The largest absolute Gasteiger partial charge is 0.413 e. The Labute approximate surface area is 118 Å². The van der Waals surface area contributed by atoms with Crippen molar-refractivity contribution in [2.75, 3.05) is 6.61 Å². The fourth-order valence-electron chi connectivity index (χ4n) is 1.93. The maximum absolute atomic E-state index is 11.7. The quantitative estimate of drug-likeness (QED) is 0.603. The van der Waals surface area contributed by atoms with E-state index in [0.717, 1.165) is 6.42 Å². The highest BCUT2D eigenvalue weighted by atomic mass is 28.4. The number of rotatable bonds is 6. The summed E-state index contributed by atoms with van der Waals surface area (Å²) in [5.74, 6) is -0.118. The van der Waals surface area contributed by atoms with Gasteiger partial charge in [0.25, 0.3) is 0 Å². The van der Waals surface area contributed by atoms with E-state index < -0.39 is 8.32 Å². The molecular weight excluding hydrogens is 258 g/mol. The number of hydrogen-bond acceptors (Lipinski definition) is 3. The molecule has 19 heavy (non-hydrogen) atoms. The van der Waals surface area contributed by atoms with Crippen LogP contribution in [0.15, 0.2) is 0 Å². The van der Waals surface area contributed by atoms with Crippen LogP contribution in [0.3, 0.4) is 0 Å². The first kappa shape index (κ1) is 16.7. The summed E-state index contributed by atoms with van der Waals surface area (Å²) < 4.78 is 11.9. The minimum absolute atomic E-state index is 0.0484. The summed E-state index contributed by atoms with van der Waals surface area (Å²) in [5.41, 5.74) is 0. The van der Waals surface area contributed by atoms with Crippen LogP contribution < -0.4 is 5.32 Å². The molecule has 0 saturated carbocycles. The molecule has 5 heteroatoms. The molecule has 0 unspecified atom stereocenters. The number of ether oxygens (including phenoxy) is 1. The Morgan fingerprint density at radius 3 is 2.37 bits per heavy atom. The predicted octanol–water partition coefficient (Wildman–Crippen LogP) is 2.90. The van der Waals surface area contributed by atoms with E-state index in [0.29, 0.717) is 6.61 Å². The zero-order chi connectivity index (χ0) is 14.8. The summed E-state index contributed by atoms with van der Waals surface area (Å²) >= 11 is 0. The van der Waals surface area contributed by atoms with Crippen LogP contribution in [0.1, 0.15) is 41.0 Å². The normalized spacial score (nSPS) is 25.7. The summed E-state index contributed by atoms with van der Waals surface area (Å²) in [6.07, 6.45) is 0.694. The number of β-lactam (4-membered cyclic amide) rings is 1. The van der Waals surface area contributed by atoms with Crippen LogP contribution in [0.25, 0.3) is 0 Å². The van der Waals surface area contributed by atoms with Crippen LogP contribution in [0.5, 0.6) is 0 Å². The van der Waals surface area contributed by atoms with Gasteiger partial charge in [-0.15, -0.1) is 0 Å². The molecule has 0 radical (unpaired) electrons. The van der Waals surface area contributed by atoms with E-state index in [2.05, 4.69) is 46.1 Å². The molecule has 1 aliphatic heterocycles. The lowest BCUT2D eigenvalue weighted by Gasteiger charge is -2.45. The Morgan fingerprint density at radius 1 is 1.37 bits per heavy atom. The zero-order valence-electron chi connectivity index (χ0n) is 13.4. The number of carbonyl (C=O) groups is 1. The lowest BCUT2D eigenvalue weighted by molar-refractivity contribution is -0.161. The molecule has 1 N–H and O–H groups in total. The average molecular weight is 287 g/mol. The van der Waals surface area contributed by atoms with Gasteiger partial charge in [0.1, 0.15) is 12.1 Å². The predicted molar refractivity (Wildman–Crippen MR) is 79.4 cm³/mol. The van der Waals surface area contributed by atoms with Gasteiger partial charge in [0.05, 0.1) is 6.10 Å². The van der Waals surface area contributed by atoms with Crippen LogP contribution in [-0.2, 0) is 14.0 Å². The van der Waals surface area contributed by atoms with Crippen molar-refractivity contribution in [2.45, 2.75) is 71.5 Å². The number of carbonyl (C=O) groups excluding carboxylic acids is 1. The van der Waals surface area contributed by atoms with Crippen molar-refractivity contribution in [1.29, 1.82) is 0 Å². The standard InChI is InChI=1S/C14H29NO3Si/c1-8-9-17-13-11(12(16)15-13)10(2)18-19(6,7)14(3,4)5/h10-11,13H,8-9H2,1-7H3,(H,15,16)/t10-,11+,13-/m1/s1. The summed E-state index contributed by atoms with van der Waals surface area (Å²) in [6.45, 7) is 15.8. The number of hydrogen-bond donors (Lipinski definition) is 1. The van der Waals surface area contributed by atoms with Gasteiger partial charge in [0, 0.05) is 6.61 Å². The highest BCUT2D eigenvalue weighted by Crippen LogP contribution is 2.39. The molecule has 1 heterocycles. The van der Waals surface area contributed by atoms with E-state index in [-0.39, 0.29) is 29.2 Å². The third-order valence-corrected chi connectivity index (χ3v) is 8.78. The zero-order valence-corrected chi connectivity index (χ0v) is 14.4. The smallest absolute Gasteiger partial charge is 0.232 e. The van der Waals surface area contributed by atoms with Gasteiger partial charge in [-0.3, -0.25) is 4.79 Å². The van der Waals surface area contributed by atoms with E-state index in [1.54, 1.807) is 0 Å². The molecule has 112 valence electrons. The molecule has 1 rings (SSSR count). The van der Waals surface area contributed by atoms with Gasteiger partial charge in [0.15, 0.2) is 8.32 Å². The van der Waals surface area contributed by atoms with Crippen LogP contribution in [0, 0.1) is 5.92 Å². The third-order valence-electron chi connectivity index (χ3n) is 4.21. The fraction of sp³-hybridized carbons (Fsp3) is 0.929. The summed E-state index contributed by atoms with van der Waals surface area (Å²) in [5, 5.41) is 2.96. The molecule has 0 aromatic carbocycles. The molecule has 1 aliphatic rings. The Balaban J connectivity index is 2.61. The first-order chi connectivity index (χ1) is 8.60. The van der Waals surface area contributed by atoms with E-state index in [1.165, 1.54) is 0 Å².